The predicted molar refractivity (Wildman–Crippen MR) is 71.6 cm³/mol. The van der Waals surface area contributed by atoms with E-state index in [1.807, 2.05) is 0 Å². The van der Waals surface area contributed by atoms with Gasteiger partial charge in [0.2, 0.25) is 0 Å². The van der Waals surface area contributed by atoms with Gasteiger partial charge in [0.05, 0.1) is 0 Å². The molecular formula is C15H19F2NO2. The predicted octanol–water partition coefficient (Wildman–Crippen LogP) is 3.51. The van der Waals surface area contributed by atoms with E-state index in [-0.39, 0.29) is 6.04 Å². The molecule has 0 saturated heterocycles. The van der Waals surface area contributed by atoms with Crippen molar-refractivity contribution in [2.24, 2.45) is 0 Å². The van der Waals surface area contributed by atoms with Gasteiger partial charge in [-0.2, -0.15) is 0 Å². The summed E-state index contributed by atoms with van der Waals surface area (Å²) in [4.78, 5) is 12.0. The molecule has 1 aromatic rings. The van der Waals surface area contributed by atoms with Crippen LogP contribution in [0.25, 0.3) is 0 Å². The van der Waals surface area contributed by atoms with Gasteiger partial charge in [-0.25, -0.2) is 8.78 Å². The first kappa shape index (κ1) is 14.8. The molecule has 1 aliphatic rings. The fourth-order valence-corrected chi connectivity index (χ4v) is 2.64. The highest BCUT2D eigenvalue weighted by Gasteiger charge is 2.21. The molecule has 5 heteroatoms. The van der Waals surface area contributed by atoms with Crippen molar-refractivity contribution in [2.45, 2.75) is 51.0 Å². The number of halogens is 2. The number of hydrogen-bond acceptors (Lipinski definition) is 2. The van der Waals surface area contributed by atoms with Gasteiger partial charge in [-0.3, -0.25) is 4.79 Å². The normalized spacial score (nSPS) is 17.3. The first-order valence-electron chi connectivity index (χ1n) is 7.07. The molecule has 2 N–H and O–H groups in total. The van der Waals surface area contributed by atoms with Gasteiger partial charge in [-0.05, 0) is 12.8 Å². The van der Waals surface area contributed by atoms with E-state index in [0.717, 1.165) is 44.6 Å². The van der Waals surface area contributed by atoms with Crippen molar-refractivity contribution in [1.29, 1.82) is 0 Å². The minimum Gasteiger partial charge on any atom is -0.507 e. The molecule has 110 valence electrons. The maximum absolute atomic E-state index is 13.6. The molecular weight excluding hydrogens is 264 g/mol. The Labute approximate surface area is 117 Å². The zero-order valence-electron chi connectivity index (χ0n) is 11.3. The minimum absolute atomic E-state index is 0.00773. The lowest BCUT2D eigenvalue weighted by molar-refractivity contribution is 0.0923. The topological polar surface area (TPSA) is 49.3 Å². The quantitative estimate of drug-likeness (QED) is 0.872. The Hall–Kier alpha value is -1.65. The van der Waals surface area contributed by atoms with E-state index in [0.29, 0.717) is 6.07 Å². The van der Waals surface area contributed by atoms with Crippen LogP contribution in [0.5, 0.6) is 5.75 Å². The maximum atomic E-state index is 13.6. The van der Waals surface area contributed by atoms with E-state index < -0.39 is 28.9 Å². The first-order valence-corrected chi connectivity index (χ1v) is 7.07. The van der Waals surface area contributed by atoms with E-state index in [9.17, 15) is 18.7 Å². The molecule has 0 heterocycles. The fraction of sp³-hybridized carbons (Fsp3) is 0.533. The van der Waals surface area contributed by atoms with Crippen LogP contribution in [-0.4, -0.2) is 17.1 Å². The van der Waals surface area contributed by atoms with E-state index >= 15 is 0 Å². The number of phenols is 1. The Morgan fingerprint density at radius 3 is 2.30 bits per heavy atom. The number of rotatable bonds is 2. The van der Waals surface area contributed by atoms with Crippen LogP contribution in [0.2, 0.25) is 0 Å². The van der Waals surface area contributed by atoms with Gasteiger partial charge in [-0.1, -0.05) is 32.1 Å². The lowest BCUT2D eigenvalue weighted by Gasteiger charge is -2.21. The molecule has 0 bridgehead atoms. The van der Waals surface area contributed by atoms with Crippen LogP contribution in [0, 0.1) is 11.6 Å². The lowest BCUT2D eigenvalue weighted by atomic mass is 9.96. The molecule has 1 aliphatic carbocycles. The molecule has 3 nitrogen and oxygen atoms in total. The Morgan fingerprint density at radius 2 is 1.70 bits per heavy atom. The Morgan fingerprint density at radius 1 is 1.10 bits per heavy atom. The number of aromatic hydroxyl groups is 1. The second kappa shape index (κ2) is 6.68. The summed E-state index contributed by atoms with van der Waals surface area (Å²) in [6.07, 6.45) is 7.27. The van der Waals surface area contributed by atoms with Crippen molar-refractivity contribution in [3.8, 4) is 5.75 Å². The summed E-state index contributed by atoms with van der Waals surface area (Å²) in [5.41, 5.74) is -0.478. The Bertz CT molecular complexity index is 460. The summed E-state index contributed by atoms with van der Waals surface area (Å²) in [7, 11) is 0. The first-order chi connectivity index (χ1) is 9.58. The number of carbonyl (C=O) groups is 1. The summed E-state index contributed by atoms with van der Waals surface area (Å²) < 4.78 is 26.5. The highest BCUT2D eigenvalue weighted by molar-refractivity contribution is 5.97. The summed E-state index contributed by atoms with van der Waals surface area (Å²) >= 11 is 0. The van der Waals surface area contributed by atoms with Crippen LogP contribution in [0.4, 0.5) is 8.78 Å². The third kappa shape index (κ3) is 3.68. The molecule has 0 atom stereocenters. The summed E-state index contributed by atoms with van der Waals surface area (Å²) in [5, 5.41) is 12.3. The molecule has 0 unspecified atom stereocenters. The van der Waals surface area contributed by atoms with Crippen LogP contribution >= 0.6 is 0 Å². The number of amides is 1. The SMILES string of the molecule is O=C(NC1CCCCCCC1)c1c(O)cc(F)cc1F. The number of phenolic OH excluding ortho intramolecular Hbond substituents is 1. The van der Waals surface area contributed by atoms with Gasteiger partial charge in [0, 0.05) is 18.2 Å². The van der Waals surface area contributed by atoms with Gasteiger partial charge in [-0.15, -0.1) is 0 Å². The molecule has 0 aliphatic heterocycles. The van der Waals surface area contributed by atoms with Crippen molar-refractivity contribution < 1.29 is 18.7 Å². The third-order valence-electron chi connectivity index (χ3n) is 3.70. The maximum Gasteiger partial charge on any atom is 0.258 e. The average Bonchev–Trinajstić information content (AvgIpc) is 2.31. The molecule has 1 fully saturated rings. The van der Waals surface area contributed by atoms with E-state index in [1.54, 1.807) is 0 Å². The molecule has 2 rings (SSSR count). The molecule has 0 radical (unpaired) electrons. The number of hydrogen-bond donors (Lipinski definition) is 2. The largest absolute Gasteiger partial charge is 0.507 e. The average molecular weight is 283 g/mol. The van der Waals surface area contributed by atoms with Crippen molar-refractivity contribution in [3.63, 3.8) is 0 Å². The van der Waals surface area contributed by atoms with Gasteiger partial charge < -0.3 is 10.4 Å². The van der Waals surface area contributed by atoms with Crippen molar-refractivity contribution in [3.05, 3.63) is 29.3 Å². The number of carbonyl (C=O) groups excluding carboxylic acids is 1. The molecule has 1 aromatic carbocycles. The molecule has 0 spiro atoms. The van der Waals surface area contributed by atoms with Crippen molar-refractivity contribution >= 4 is 5.91 Å². The standard InChI is InChI=1S/C15H19F2NO2/c16-10-8-12(17)14(13(19)9-10)15(20)18-11-6-4-2-1-3-5-7-11/h8-9,11,19H,1-7H2,(H,18,20). The van der Waals surface area contributed by atoms with Crippen molar-refractivity contribution in [2.75, 3.05) is 0 Å². The highest BCUT2D eigenvalue weighted by Crippen LogP contribution is 2.23. The van der Waals surface area contributed by atoms with Crippen LogP contribution < -0.4 is 5.32 Å². The van der Waals surface area contributed by atoms with Gasteiger partial charge in [0.1, 0.15) is 22.9 Å². The van der Waals surface area contributed by atoms with Crippen LogP contribution in [-0.2, 0) is 0 Å². The van der Waals surface area contributed by atoms with Crippen LogP contribution in [0.1, 0.15) is 55.3 Å². The number of benzene rings is 1. The molecule has 20 heavy (non-hydrogen) atoms. The van der Waals surface area contributed by atoms with E-state index in [4.69, 9.17) is 0 Å². The Balaban J connectivity index is 2.07. The zero-order valence-corrected chi connectivity index (χ0v) is 11.3. The lowest BCUT2D eigenvalue weighted by Crippen LogP contribution is -2.35. The smallest absolute Gasteiger partial charge is 0.258 e. The third-order valence-corrected chi connectivity index (χ3v) is 3.70. The van der Waals surface area contributed by atoms with E-state index in [1.165, 1.54) is 6.42 Å². The molecule has 1 amide bonds. The second-order valence-electron chi connectivity index (χ2n) is 5.30. The van der Waals surface area contributed by atoms with Gasteiger partial charge in [0.25, 0.3) is 5.91 Å². The molecule has 0 aromatic heterocycles. The van der Waals surface area contributed by atoms with Crippen molar-refractivity contribution in [1.82, 2.24) is 5.32 Å². The minimum atomic E-state index is -1.04. The van der Waals surface area contributed by atoms with Gasteiger partial charge in [0.15, 0.2) is 0 Å². The fourth-order valence-electron chi connectivity index (χ4n) is 2.64. The van der Waals surface area contributed by atoms with Gasteiger partial charge >= 0.3 is 0 Å². The Kier molecular flexibility index (Phi) is 4.93. The van der Waals surface area contributed by atoms with Crippen LogP contribution in [0.15, 0.2) is 12.1 Å². The monoisotopic (exact) mass is 283 g/mol. The molecule has 1 saturated carbocycles. The second-order valence-corrected chi connectivity index (χ2v) is 5.30. The summed E-state index contributed by atoms with van der Waals surface area (Å²) in [6.45, 7) is 0. The van der Waals surface area contributed by atoms with E-state index in [2.05, 4.69) is 5.32 Å². The summed E-state index contributed by atoms with van der Waals surface area (Å²) in [6, 6.07) is 1.34. The zero-order chi connectivity index (χ0) is 14.5. The van der Waals surface area contributed by atoms with Crippen LogP contribution in [0.3, 0.4) is 0 Å². The highest BCUT2D eigenvalue weighted by atomic mass is 19.1. The number of nitrogens with one attached hydrogen (secondary N) is 1. The summed E-state index contributed by atoms with van der Waals surface area (Å²) in [5.74, 6) is -3.27.